The lowest BCUT2D eigenvalue weighted by atomic mass is 10.3. The minimum atomic E-state index is -0.0649. The van der Waals surface area contributed by atoms with Gasteiger partial charge in [0.05, 0.1) is 17.1 Å². The summed E-state index contributed by atoms with van der Waals surface area (Å²) in [6.45, 7) is 6.79. The molecule has 0 bridgehead atoms. The van der Waals surface area contributed by atoms with E-state index in [1.54, 1.807) is 10.9 Å². The Hall–Kier alpha value is -2.57. The quantitative estimate of drug-likeness (QED) is 0.918. The molecule has 1 aliphatic rings. The van der Waals surface area contributed by atoms with Crippen molar-refractivity contribution in [3.8, 4) is 0 Å². The molecule has 0 saturated carbocycles. The van der Waals surface area contributed by atoms with Gasteiger partial charge in [-0.2, -0.15) is 5.10 Å². The Balaban J connectivity index is 1.60. The fourth-order valence-corrected chi connectivity index (χ4v) is 2.82. The minimum Gasteiger partial charge on any atom is -0.353 e. The number of carbonyl (C=O) groups excluding carboxylic acids is 1. The van der Waals surface area contributed by atoms with Crippen molar-refractivity contribution in [3.05, 3.63) is 35.8 Å². The van der Waals surface area contributed by atoms with E-state index >= 15 is 0 Å². The van der Waals surface area contributed by atoms with E-state index in [0.717, 1.165) is 36.0 Å². The van der Waals surface area contributed by atoms with Crippen LogP contribution in [0.4, 0.5) is 16.3 Å². The normalized spacial score (nSPS) is 14.9. The fraction of sp³-hybridized carbons (Fsp3) is 0.438. The van der Waals surface area contributed by atoms with Crippen LogP contribution in [0.5, 0.6) is 0 Å². The number of amides is 2. The maximum absolute atomic E-state index is 12.5. The largest absolute Gasteiger partial charge is 0.353 e. The molecule has 0 aliphatic carbocycles. The summed E-state index contributed by atoms with van der Waals surface area (Å²) in [6, 6.07) is 5.82. The van der Waals surface area contributed by atoms with Crippen molar-refractivity contribution >= 4 is 17.5 Å². The van der Waals surface area contributed by atoms with Crippen LogP contribution in [0.1, 0.15) is 11.4 Å². The first-order valence-electron chi connectivity index (χ1n) is 7.78. The highest BCUT2D eigenvalue weighted by atomic mass is 16.2. The number of pyridine rings is 1. The molecule has 3 rings (SSSR count). The third kappa shape index (κ3) is 3.13. The number of rotatable bonds is 2. The molecular formula is C16H22N6O. The number of aromatic nitrogens is 3. The number of hydrogen-bond acceptors (Lipinski definition) is 4. The first kappa shape index (κ1) is 15.3. The van der Waals surface area contributed by atoms with Crippen molar-refractivity contribution in [1.82, 2.24) is 19.7 Å². The van der Waals surface area contributed by atoms with Gasteiger partial charge in [-0.05, 0) is 26.0 Å². The van der Waals surface area contributed by atoms with Gasteiger partial charge in [0, 0.05) is 39.4 Å². The number of urea groups is 1. The van der Waals surface area contributed by atoms with E-state index in [0.29, 0.717) is 13.1 Å². The lowest BCUT2D eigenvalue weighted by Gasteiger charge is -2.35. The Kier molecular flexibility index (Phi) is 4.18. The van der Waals surface area contributed by atoms with Gasteiger partial charge in [0.1, 0.15) is 5.82 Å². The smallest absolute Gasteiger partial charge is 0.322 e. The highest BCUT2D eigenvalue weighted by Gasteiger charge is 2.23. The van der Waals surface area contributed by atoms with Gasteiger partial charge in [0.15, 0.2) is 0 Å². The molecule has 0 atom stereocenters. The second kappa shape index (κ2) is 6.28. The Morgan fingerprint density at radius 2 is 1.91 bits per heavy atom. The molecule has 1 fully saturated rings. The van der Waals surface area contributed by atoms with Crippen molar-refractivity contribution in [1.29, 1.82) is 0 Å². The standard InChI is InChI=1S/C16H22N6O/c1-12-15(13(2)20(3)19-12)18-16(23)22-10-8-21(9-11-22)14-6-4-5-7-17-14/h4-7H,8-11H2,1-3H3,(H,18,23). The molecule has 1 N–H and O–H groups in total. The van der Waals surface area contributed by atoms with Gasteiger partial charge >= 0.3 is 6.03 Å². The zero-order valence-corrected chi connectivity index (χ0v) is 13.8. The number of nitrogens with zero attached hydrogens (tertiary/aromatic N) is 5. The molecular weight excluding hydrogens is 292 g/mol. The van der Waals surface area contributed by atoms with Crippen LogP contribution in [-0.2, 0) is 7.05 Å². The summed E-state index contributed by atoms with van der Waals surface area (Å²) in [5, 5.41) is 7.32. The van der Waals surface area contributed by atoms with E-state index in [2.05, 4.69) is 20.3 Å². The molecule has 0 radical (unpaired) electrons. The number of anilines is 2. The monoisotopic (exact) mass is 314 g/mol. The lowest BCUT2D eigenvalue weighted by molar-refractivity contribution is 0.208. The van der Waals surface area contributed by atoms with Crippen LogP contribution in [0.25, 0.3) is 0 Å². The molecule has 0 spiro atoms. The first-order chi connectivity index (χ1) is 11.1. The van der Waals surface area contributed by atoms with E-state index in [-0.39, 0.29) is 6.03 Å². The molecule has 2 aromatic rings. The van der Waals surface area contributed by atoms with Crippen LogP contribution in [-0.4, -0.2) is 51.9 Å². The van der Waals surface area contributed by atoms with E-state index < -0.39 is 0 Å². The predicted molar refractivity (Wildman–Crippen MR) is 89.7 cm³/mol. The zero-order chi connectivity index (χ0) is 16.4. The summed E-state index contributed by atoms with van der Waals surface area (Å²) in [4.78, 5) is 20.9. The minimum absolute atomic E-state index is 0.0649. The summed E-state index contributed by atoms with van der Waals surface area (Å²) >= 11 is 0. The van der Waals surface area contributed by atoms with Crippen molar-refractivity contribution in [2.75, 3.05) is 36.4 Å². The fourth-order valence-electron chi connectivity index (χ4n) is 2.82. The highest BCUT2D eigenvalue weighted by molar-refractivity contribution is 5.90. The Morgan fingerprint density at radius 3 is 2.48 bits per heavy atom. The molecule has 23 heavy (non-hydrogen) atoms. The van der Waals surface area contributed by atoms with E-state index in [4.69, 9.17) is 0 Å². The number of hydrogen-bond donors (Lipinski definition) is 1. The van der Waals surface area contributed by atoms with E-state index in [1.165, 1.54) is 0 Å². The Morgan fingerprint density at radius 1 is 1.17 bits per heavy atom. The van der Waals surface area contributed by atoms with Crippen molar-refractivity contribution in [2.24, 2.45) is 7.05 Å². The van der Waals surface area contributed by atoms with Crippen LogP contribution in [0, 0.1) is 13.8 Å². The average molecular weight is 314 g/mol. The third-order valence-electron chi connectivity index (χ3n) is 4.28. The number of carbonyl (C=O) groups is 1. The molecule has 0 unspecified atom stereocenters. The summed E-state index contributed by atoms with van der Waals surface area (Å²) in [5.74, 6) is 0.964. The molecule has 3 heterocycles. The number of nitrogens with one attached hydrogen (secondary N) is 1. The van der Waals surface area contributed by atoms with Gasteiger partial charge in [-0.15, -0.1) is 0 Å². The molecule has 1 saturated heterocycles. The van der Waals surface area contributed by atoms with Gasteiger partial charge in [-0.3, -0.25) is 4.68 Å². The molecule has 7 heteroatoms. The summed E-state index contributed by atoms with van der Waals surface area (Å²) in [7, 11) is 1.88. The second-order valence-corrected chi connectivity index (χ2v) is 5.76. The molecule has 122 valence electrons. The predicted octanol–water partition coefficient (Wildman–Crippen LogP) is 1.79. The van der Waals surface area contributed by atoms with E-state index in [1.807, 2.05) is 44.0 Å². The molecule has 2 aromatic heterocycles. The van der Waals surface area contributed by atoms with Gasteiger partial charge in [0.2, 0.25) is 0 Å². The molecule has 0 aromatic carbocycles. The van der Waals surface area contributed by atoms with Gasteiger partial charge in [-0.25, -0.2) is 9.78 Å². The second-order valence-electron chi connectivity index (χ2n) is 5.76. The van der Waals surface area contributed by atoms with Crippen molar-refractivity contribution in [3.63, 3.8) is 0 Å². The molecule has 1 aliphatic heterocycles. The topological polar surface area (TPSA) is 66.3 Å². The number of piperazine rings is 1. The van der Waals surface area contributed by atoms with Crippen LogP contribution in [0.3, 0.4) is 0 Å². The summed E-state index contributed by atoms with van der Waals surface area (Å²) < 4.78 is 1.78. The maximum atomic E-state index is 12.5. The molecule has 2 amide bonds. The Labute approximate surface area is 135 Å². The van der Waals surface area contributed by atoms with Gasteiger partial charge in [-0.1, -0.05) is 6.07 Å². The van der Waals surface area contributed by atoms with Gasteiger partial charge in [0.25, 0.3) is 0 Å². The van der Waals surface area contributed by atoms with Gasteiger partial charge < -0.3 is 15.1 Å². The maximum Gasteiger partial charge on any atom is 0.322 e. The van der Waals surface area contributed by atoms with Crippen LogP contribution < -0.4 is 10.2 Å². The lowest BCUT2D eigenvalue weighted by Crippen LogP contribution is -2.50. The highest BCUT2D eigenvalue weighted by Crippen LogP contribution is 2.19. The van der Waals surface area contributed by atoms with Crippen molar-refractivity contribution in [2.45, 2.75) is 13.8 Å². The van der Waals surface area contributed by atoms with Crippen LogP contribution in [0.15, 0.2) is 24.4 Å². The van der Waals surface area contributed by atoms with E-state index in [9.17, 15) is 4.79 Å². The average Bonchev–Trinajstić information content (AvgIpc) is 2.82. The van der Waals surface area contributed by atoms with Crippen LogP contribution in [0.2, 0.25) is 0 Å². The number of aryl methyl sites for hydroxylation is 2. The van der Waals surface area contributed by atoms with Crippen LogP contribution >= 0.6 is 0 Å². The third-order valence-corrected chi connectivity index (χ3v) is 4.28. The zero-order valence-electron chi connectivity index (χ0n) is 13.8. The Bertz CT molecular complexity index is 688. The summed E-state index contributed by atoms with van der Waals surface area (Å²) in [6.07, 6.45) is 1.79. The SMILES string of the molecule is Cc1nn(C)c(C)c1NC(=O)N1CCN(c2ccccn2)CC1. The molecule has 7 nitrogen and oxygen atoms in total. The summed E-state index contributed by atoms with van der Waals surface area (Å²) in [5.41, 5.74) is 2.61. The first-order valence-corrected chi connectivity index (χ1v) is 7.78. The van der Waals surface area contributed by atoms with Crippen molar-refractivity contribution < 1.29 is 4.79 Å².